The van der Waals surface area contributed by atoms with Gasteiger partial charge in [-0.2, -0.15) is 5.10 Å². The monoisotopic (exact) mass is 501 g/mol. The van der Waals surface area contributed by atoms with Crippen molar-refractivity contribution >= 4 is 38.2 Å². The van der Waals surface area contributed by atoms with Crippen molar-refractivity contribution in [2.45, 2.75) is 24.3 Å². The molecule has 2 N–H and O–H groups in total. The molecule has 4 aromatic rings. The van der Waals surface area contributed by atoms with Gasteiger partial charge in [0.05, 0.1) is 16.8 Å². The minimum Gasteiger partial charge on any atom is -0.321 e. The number of benzene rings is 3. The Bertz CT molecular complexity index is 1650. The van der Waals surface area contributed by atoms with Crippen molar-refractivity contribution in [3.8, 4) is 0 Å². The van der Waals surface area contributed by atoms with E-state index in [9.17, 15) is 18.0 Å². The first-order valence-electron chi connectivity index (χ1n) is 11.4. The zero-order valence-electron chi connectivity index (χ0n) is 19.2. The van der Waals surface area contributed by atoms with Crippen LogP contribution in [0.1, 0.15) is 28.9 Å². The van der Waals surface area contributed by atoms with E-state index in [1.165, 1.54) is 16.8 Å². The number of rotatable bonds is 6. The van der Waals surface area contributed by atoms with Crippen LogP contribution in [0.3, 0.4) is 0 Å². The zero-order chi connectivity index (χ0) is 25.1. The van der Waals surface area contributed by atoms with Crippen LogP contribution in [0.4, 0.5) is 5.69 Å². The molecule has 1 aliphatic heterocycles. The van der Waals surface area contributed by atoms with E-state index in [0.717, 1.165) is 12.0 Å². The van der Waals surface area contributed by atoms with Gasteiger partial charge in [-0.15, -0.1) is 0 Å². The minimum absolute atomic E-state index is 0.00163. The van der Waals surface area contributed by atoms with Gasteiger partial charge in [0.15, 0.2) is 5.69 Å². The number of sulfonamides is 1. The van der Waals surface area contributed by atoms with Gasteiger partial charge in [-0.3, -0.25) is 19.3 Å². The summed E-state index contributed by atoms with van der Waals surface area (Å²) in [5, 5.41) is 7.88. The van der Waals surface area contributed by atoms with Crippen LogP contribution in [0.5, 0.6) is 0 Å². The first-order valence-corrected chi connectivity index (χ1v) is 12.9. The van der Waals surface area contributed by atoms with Crippen molar-refractivity contribution in [1.29, 1.82) is 0 Å². The number of amides is 1. The molecule has 0 saturated heterocycles. The maximum atomic E-state index is 13.3. The summed E-state index contributed by atoms with van der Waals surface area (Å²) in [6.07, 6.45) is 1.38. The summed E-state index contributed by atoms with van der Waals surface area (Å²) in [5.41, 5.74) is 0.904. The second-order valence-corrected chi connectivity index (χ2v) is 10.0. The molecule has 0 radical (unpaired) electrons. The van der Waals surface area contributed by atoms with Gasteiger partial charge in [-0.1, -0.05) is 54.6 Å². The number of fused-ring (bicyclic) bond motifs is 1. The molecule has 0 bridgehead atoms. The molecule has 0 fully saturated rings. The number of carbonyl (C=O) groups is 1. The number of anilines is 1. The van der Waals surface area contributed by atoms with Crippen LogP contribution in [-0.2, 0) is 16.6 Å². The Kier molecular flexibility index (Phi) is 6.34. The molecule has 10 heteroatoms. The summed E-state index contributed by atoms with van der Waals surface area (Å²) in [5.74, 6) is -0.128. The van der Waals surface area contributed by atoms with E-state index in [2.05, 4.69) is 20.1 Å². The van der Waals surface area contributed by atoms with Gasteiger partial charge in [0.2, 0.25) is 0 Å². The topological polar surface area (TPSA) is 123 Å². The van der Waals surface area contributed by atoms with E-state index < -0.39 is 15.9 Å². The van der Waals surface area contributed by atoms with Gasteiger partial charge < -0.3 is 5.32 Å². The molecule has 0 atom stereocenters. The smallest absolute Gasteiger partial charge is 0.276 e. The lowest BCUT2D eigenvalue weighted by atomic mass is 10.1. The van der Waals surface area contributed by atoms with Gasteiger partial charge >= 0.3 is 0 Å². The average Bonchev–Trinajstić information content (AvgIpc) is 3.39. The standard InChI is InChI=1S/C26H23N5O4S/c32-25(28-19-10-6-11-20(16-19)36(34,35)30-23-14-7-15-27-23)24-21-12-4-5-13-22(21)26(33)31(29-24)17-18-8-2-1-3-9-18/h1-6,8-13,16H,7,14-15,17H2,(H,27,30)(H,28,32). The van der Waals surface area contributed by atoms with E-state index in [1.54, 1.807) is 36.4 Å². The first kappa shape index (κ1) is 23.4. The maximum absolute atomic E-state index is 13.3. The lowest BCUT2D eigenvalue weighted by Crippen LogP contribution is -2.29. The summed E-state index contributed by atoms with van der Waals surface area (Å²) in [6.45, 7) is 0.801. The molecular formula is C26H23N5O4S. The van der Waals surface area contributed by atoms with E-state index in [-0.39, 0.29) is 28.4 Å². The highest BCUT2D eigenvalue weighted by molar-refractivity contribution is 7.90. The Morgan fingerprint density at radius 1 is 0.944 bits per heavy atom. The number of hydrogen-bond donors (Lipinski definition) is 2. The number of nitrogens with zero attached hydrogens (tertiary/aromatic N) is 3. The van der Waals surface area contributed by atoms with Crippen LogP contribution >= 0.6 is 0 Å². The van der Waals surface area contributed by atoms with Crippen LogP contribution in [0.15, 0.2) is 93.5 Å². The lowest BCUT2D eigenvalue weighted by Gasteiger charge is -2.12. The predicted molar refractivity (Wildman–Crippen MR) is 138 cm³/mol. The van der Waals surface area contributed by atoms with Gasteiger partial charge in [0, 0.05) is 24.0 Å². The number of aliphatic imine (C=N–C) groups is 1. The average molecular weight is 502 g/mol. The molecule has 9 nitrogen and oxygen atoms in total. The van der Waals surface area contributed by atoms with Crippen LogP contribution in [0.25, 0.3) is 10.8 Å². The van der Waals surface area contributed by atoms with Crippen LogP contribution in [0.2, 0.25) is 0 Å². The molecule has 2 heterocycles. The zero-order valence-corrected chi connectivity index (χ0v) is 20.0. The summed E-state index contributed by atoms with van der Waals surface area (Å²) in [4.78, 5) is 30.5. The summed E-state index contributed by atoms with van der Waals surface area (Å²) < 4.78 is 29.3. The van der Waals surface area contributed by atoms with Crippen molar-refractivity contribution in [3.63, 3.8) is 0 Å². The molecule has 182 valence electrons. The second kappa shape index (κ2) is 9.74. The third-order valence-electron chi connectivity index (χ3n) is 5.79. The molecule has 36 heavy (non-hydrogen) atoms. The largest absolute Gasteiger partial charge is 0.321 e. The van der Waals surface area contributed by atoms with Crippen LogP contribution < -0.4 is 15.6 Å². The Balaban J connectivity index is 1.47. The van der Waals surface area contributed by atoms with Crippen molar-refractivity contribution in [2.75, 3.05) is 11.9 Å². The lowest BCUT2D eigenvalue weighted by molar-refractivity contribution is 0.102. The Morgan fingerprint density at radius 3 is 2.44 bits per heavy atom. The number of aromatic nitrogens is 2. The number of carbonyl (C=O) groups excluding carboxylic acids is 1. The molecule has 5 rings (SSSR count). The maximum Gasteiger partial charge on any atom is 0.276 e. The number of amidine groups is 1. The molecular weight excluding hydrogens is 478 g/mol. The van der Waals surface area contributed by atoms with Crippen molar-refractivity contribution in [2.24, 2.45) is 4.99 Å². The van der Waals surface area contributed by atoms with E-state index >= 15 is 0 Å². The molecule has 1 aromatic heterocycles. The molecule has 0 unspecified atom stereocenters. The highest BCUT2D eigenvalue weighted by Crippen LogP contribution is 2.19. The summed E-state index contributed by atoms with van der Waals surface area (Å²) in [7, 11) is -3.84. The van der Waals surface area contributed by atoms with Crippen LogP contribution in [0, 0.1) is 0 Å². The highest BCUT2D eigenvalue weighted by atomic mass is 32.2. The van der Waals surface area contributed by atoms with Gasteiger partial charge in [0.25, 0.3) is 21.5 Å². The molecule has 1 amide bonds. The fraction of sp³-hybridized carbons (Fsp3) is 0.154. The molecule has 0 saturated carbocycles. The third-order valence-corrected chi connectivity index (χ3v) is 7.17. The second-order valence-electron chi connectivity index (χ2n) is 8.36. The normalized spacial score (nSPS) is 13.4. The molecule has 0 aliphatic carbocycles. The minimum atomic E-state index is -3.84. The first-order chi connectivity index (χ1) is 17.4. The number of nitrogens with one attached hydrogen (secondary N) is 2. The Labute approximate surface area is 207 Å². The third kappa shape index (κ3) is 4.89. The summed E-state index contributed by atoms with van der Waals surface area (Å²) in [6, 6.07) is 22.1. The SMILES string of the molecule is O=C(Nc1cccc(S(=O)(=O)NC2=NCCC2)c1)c1nn(Cc2ccccc2)c(=O)c2ccccc12. The molecule has 0 spiro atoms. The molecule has 3 aromatic carbocycles. The van der Waals surface area contributed by atoms with Crippen molar-refractivity contribution in [3.05, 3.63) is 100 Å². The van der Waals surface area contributed by atoms with Crippen molar-refractivity contribution < 1.29 is 13.2 Å². The van der Waals surface area contributed by atoms with Gasteiger partial charge in [0.1, 0.15) is 5.84 Å². The van der Waals surface area contributed by atoms with Gasteiger partial charge in [-0.25, -0.2) is 13.1 Å². The Morgan fingerprint density at radius 2 is 1.69 bits per heavy atom. The molecule has 1 aliphatic rings. The number of hydrogen-bond acceptors (Lipinski definition) is 6. The van der Waals surface area contributed by atoms with E-state index in [4.69, 9.17) is 0 Å². The summed E-state index contributed by atoms with van der Waals surface area (Å²) >= 11 is 0. The Hall–Kier alpha value is -4.31. The quantitative estimate of drug-likeness (QED) is 0.420. The van der Waals surface area contributed by atoms with E-state index in [1.807, 2.05) is 30.3 Å². The van der Waals surface area contributed by atoms with Crippen molar-refractivity contribution in [1.82, 2.24) is 14.5 Å². The van der Waals surface area contributed by atoms with E-state index in [0.29, 0.717) is 29.6 Å². The van der Waals surface area contributed by atoms with Gasteiger partial charge in [-0.05, 0) is 36.2 Å². The van der Waals surface area contributed by atoms with Crippen LogP contribution in [-0.4, -0.2) is 36.5 Å². The highest BCUT2D eigenvalue weighted by Gasteiger charge is 2.20. The predicted octanol–water partition coefficient (Wildman–Crippen LogP) is 3.17. The fourth-order valence-electron chi connectivity index (χ4n) is 4.03. The fourth-order valence-corrected chi connectivity index (χ4v) is 5.17.